The van der Waals surface area contributed by atoms with Crippen LogP contribution < -0.4 is 0 Å². The van der Waals surface area contributed by atoms with Gasteiger partial charge in [0.1, 0.15) is 43.2 Å². The normalized spacial score (nSPS) is 24.2. The Morgan fingerprint density at radius 3 is 1.49 bits per heavy atom. The predicted octanol–water partition coefficient (Wildman–Crippen LogP) is 5.72. The molecule has 1 aliphatic carbocycles. The van der Waals surface area contributed by atoms with Gasteiger partial charge in [-0.3, -0.25) is 18.6 Å². The second-order valence-electron chi connectivity index (χ2n) is 13.4. The zero-order valence-corrected chi connectivity index (χ0v) is 31.8. The number of aliphatic hydroxyl groups is 5. The molecule has 1 fully saturated rings. The number of unbranched alkanes of at least 4 members (excludes halogenated alkanes) is 14. The molecule has 0 radical (unpaired) electrons. The van der Waals surface area contributed by atoms with Crippen molar-refractivity contribution in [1.29, 1.82) is 0 Å². The minimum Gasteiger partial charge on any atom is -0.462 e. The molecule has 1 rings (SSSR count). The van der Waals surface area contributed by atoms with Gasteiger partial charge < -0.3 is 39.9 Å². The molecule has 1 saturated carbocycles. The van der Waals surface area contributed by atoms with Gasteiger partial charge in [0.2, 0.25) is 0 Å². The zero-order chi connectivity index (χ0) is 37.9. The van der Waals surface area contributed by atoms with Crippen LogP contribution in [0.25, 0.3) is 0 Å². The fourth-order valence-corrected chi connectivity index (χ4v) is 6.51. The number of carbonyl (C=O) groups is 2. The van der Waals surface area contributed by atoms with Crippen molar-refractivity contribution >= 4 is 19.8 Å². The summed E-state index contributed by atoms with van der Waals surface area (Å²) in [6.45, 7) is 3.16. The number of rotatable bonds is 30. The van der Waals surface area contributed by atoms with E-state index in [4.69, 9.17) is 18.5 Å². The van der Waals surface area contributed by atoms with Crippen molar-refractivity contribution in [3.05, 3.63) is 24.3 Å². The lowest BCUT2D eigenvalue weighted by Gasteiger charge is -2.41. The van der Waals surface area contributed by atoms with E-state index in [0.717, 1.165) is 77.0 Å². The molecule has 51 heavy (non-hydrogen) atoms. The highest BCUT2D eigenvalue weighted by molar-refractivity contribution is 7.47. The lowest BCUT2D eigenvalue weighted by Crippen LogP contribution is -2.64. The van der Waals surface area contributed by atoms with Gasteiger partial charge in [-0.15, -0.1) is 0 Å². The van der Waals surface area contributed by atoms with Crippen molar-refractivity contribution in [3.8, 4) is 0 Å². The summed E-state index contributed by atoms with van der Waals surface area (Å²) in [6.07, 6.45) is 14.1. The SMILES string of the molecule is CCCC/C=C\CCCCCCCC(=O)OC[C@H](COP(=O)(O)OC1C(O)C(O)C(O)[C@@H](O)C1O)OC(=O)CCCCCCC/C=C\CCCC. The first-order valence-corrected chi connectivity index (χ1v) is 20.6. The summed E-state index contributed by atoms with van der Waals surface area (Å²) in [7, 11) is -5.11. The number of phosphoric ester groups is 1. The molecular weight excluding hydrogens is 683 g/mol. The predicted molar refractivity (Wildman–Crippen MR) is 193 cm³/mol. The van der Waals surface area contributed by atoms with Crippen molar-refractivity contribution in [2.24, 2.45) is 0 Å². The highest BCUT2D eigenvalue weighted by Crippen LogP contribution is 2.47. The van der Waals surface area contributed by atoms with Gasteiger partial charge in [-0.1, -0.05) is 102 Å². The molecular formula is C37H67O13P. The smallest absolute Gasteiger partial charge is 0.462 e. The van der Waals surface area contributed by atoms with Gasteiger partial charge in [0.25, 0.3) is 0 Å². The number of esters is 2. The van der Waals surface area contributed by atoms with Crippen LogP contribution >= 0.6 is 7.82 Å². The minimum atomic E-state index is -5.11. The van der Waals surface area contributed by atoms with Crippen molar-refractivity contribution in [2.45, 2.75) is 185 Å². The third kappa shape index (κ3) is 22.2. The Hall–Kier alpha value is -1.67. The third-order valence-electron chi connectivity index (χ3n) is 8.77. The maximum atomic E-state index is 12.7. The molecule has 0 spiro atoms. The molecule has 13 nitrogen and oxygen atoms in total. The van der Waals surface area contributed by atoms with Gasteiger partial charge in [-0.25, -0.2) is 4.57 Å². The van der Waals surface area contributed by atoms with Crippen LogP contribution in [0.5, 0.6) is 0 Å². The molecule has 1 aliphatic rings. The van der Waals surface area contributed by atoms with Gasteiger partial charge in [0.15, 0.2) is 6.10 Å². The first-order valence-electron chi connectivity index (χ1n) is 19.1. The quantitative estimate of drug-likeness (QED) is 0.0225. The van der Waals surface area contributed by atoms with Crippen LogP contribution in [0.15, 0.2) is 24.3 Å². The largest absolute Gasteiger partial charge is 0.472 e. The molecule has 0 amide bonds. The van der Waals surface area contributed by atoms with E-state index in [2.05, 4.69) is 38.2 Å². The van der Waals surface area contributed by atoms with Crippen LogP contribution in [-0.4, -0.2) is 98.3 Å². The molecule has 14 heteroatoms. The van der Waals surface area contributed by atoms with E-state index in [1.54, 1.807) is 0 Å². The fraction of sp³-hybridized carbons (Fsp3) is 0.838. The van der Waals surface area contributed by atoms with Crippen molar-refractivity contribution < 1.29 is 63.1 Å². The lowest BCUT2D eigenvalue weighted by atomic mass is 9.85. The second-order valence-corrected chi connectivity index (χ2v) is 14.8. The summed E-state index contributed by atoms with van der Waals surface area (Å²) < 4.78 is 33.3. The molecule has 298 valence electrons. The number of aliphatic hydroxyl groups excluding tert-OH is 5. The Labute approximate surface area is 305 Å². The summed E-state index contributed by atoms with van der Waals surface area (Å²) in [5, 5.41) is 49.9. The summed E-state index contributed by atoms with van der Waals surface area (Å²) in [6, 6.07) is 0. The highest BCUT2D eigenvalue weighted by atomic mass is 31.2. The van der Waals surface area contributed by atoms with E-state index in [-0.39, 0.29) is 12.8 Å². The number of carbonyl (C=O) groups excluding carboxylic acids is 2. The monoisotopic (exact) mass is 750 g/mol. The summed E-state index contributed by atoms with van der Waals surface area (Å²) in [5.41, 5.74) is 0. The van der Waals surface area contributed by atoms with E-state index < -0.39 is 75.7 Å². The van der Waals surface area contributed by atoms with Crippen LogP contribution in [0.3, 0.4) is 0 Å². The number of phosphoric acid groups is 1. The second kappa shape index (κ2) is 28.8. The van der Waals surface area contributed by atoms with Crippen LogP contribution in [0.4, 0.5) is 0 Å². The molecule has 0 heterocycles. The first kappa shape index (κ1) is 47.4. The number of allylic oxidation sites excluding steroid dienone is 4. The maximum Gasteiger partial charge on any atom is 0.472 e. The van der Waals surface area contributed by atoms with E-state index in [0.29, 0.717) is 12.8 Å². The van der Waals surface area contributed by atoms with Gasteiger partial charge >= 0.3 is 19.8 Å². The number of hydrogen-bond acceptors (Lipinski definition) is 12. The average Bonchev–Trinajstić information content (AvgIpc) is 3.10. The molecule has 6 N–H and O–H groups in total. The van der Waals surface area contributed by atoms with E-state index in [9.17, 15) is 44.6 Å². The third-order valence-corrected chi connectivity index (χ3v) is 9.75. The van der Waals surface area contributed by atoms with Gasteiger partial charge in [0, 0.05) is 12.8 Å². The maximum absolute atomic E-state index is 12.7. The molecule has 0 saturated heterocycles. The molecule has 6 unspecified atom stereocenters. The Bertz CT molecular complexity index is 1010. The number of ether oxygens (including phenoxy) is 2. The Kier molecular flexibility index (Phi) is 26.7. The summed E-state index contributed by atoms with van der Waals surface area (Å²) in [4.78, 5) is 35.4. The topological polar surface area (TPSA) is 210 Å². The minimum absolute atomic E-state index is 0.0851. The van der Waals surface area contributed by atoms with Gasteiger partial charge in [-0.05, 0) is 51.4 Å². The van der Waals surface area contributed by atoms with Crippen LogP contribution in [-0.2, 0) is 32.7 Å². The molecule has 0 aromatic carbocycles. The zero-order valence-electron chi connectivity index (χ0n) is 30.9. The van der Waals surface area contributed by atoms with Crippen molar-refractivity contribution in [1.82, 2.24) is 0 Å². The average molecular weight is 751 g/mol. The standard InChI is InChI=1S/C37H67O13P/c1-3-5-7-9-11-13-15-17-19-21-23-25-30(38)47-27-29(49-31(39)26-24-22-20-18-16-14-12-10-8-6-4-2)28-48-51(45,46)50-37-35(43)33(41)32(40)34(42)36(37)44/h9-12,29,32-37,40-44H,3-8,13-28H2,1-2H3,(H,45,46)/b11-9-,12-10-/t29-,32?,33-,34?,35?,36?,37?/m1/s1. The molecule has 0 bridgehead atoms. The van der Waals surface area contributed by atoms with E-state index in [1.165, 1.54) is 25.7 Å². The fourth-order valence-electron chi connectivity index (χ4n) is 5.54. The Morgan fingerprint density at radius 1 is 0.588 bits per heavy atom. The Balaban J connectivity index is 2.57. The Morgan fingerprint density at radius 2 is 1.00 bits per heavy atom. The van der Waals surface area contributed by atoms with Gasteiger partial charge in [0.05, 0.1) is 6.61 Å². The number of hydrogen-bond donors (Lipinski definition) is 6. The van der Waals surface area contributed by atoms with E-state index in [1.807, 2.05) is 0 Å². The van der Waals surface area contributed by atoms with Crippen LogP contribution in [0, 0.1) is 0 Å². The molecule has 0 aliphatic heterocycles. The van der Waals surface area contributed by atoms with E-state index >= 15 is 0 Å². The summed E-state index contributed by atoms with van der Waals surface area (Å²) >= 11 is 0. The highest BCUT2D eigenvalue weighted by Gasteiger charge is 2.51. The molecule has 8 atom stereocenters. The molecule has 0 aromatic heterocycles. The first-order chi connectivity index (χ1) is 24.4. The van der Waals surface area contributed by atoms with Crippen molar-refractivity contribution in [3.63, 3.8) is 0 Å². The van der Waals surface area contributed by atoms with Gasteiger partial charge in [-0.2, -0.15) is 0 Å². The molecule has 0 aromatic rings. The van der Waals surface area contributed by atoms with Crippen LogP contribution in [0.2, 0.25) is 0 Å². The summed E-state index contributed by atoms with van der Waals surface area (Å²) in [5.74, 6) is -1.13. The lowest BCUT2D eigenvalue weighted by molar-refractivity contribution is -0.220. The van der Waals surface area contributed by atoms with Crippen molar-refractivity contribution in [2.75, 3.05) is 13.2 Å². The van der Waals surface area contributed by atoms with Crippen LogP contribution in [0.1, 0.15) is 142 Å².